The first-order valence-corrected chi connectivity index (χ1v) is 8.92. The van der Waals surface area contributed by atoms with Crippen molar-refractivity contribution in [3.8, 4) is 17.2 Å². The average molecular weight is 361 g/mol. The highest BCUT2D eigenvalue weighted by Crippen LogP contribution is 2.32. The lowest BCUT2D eigenvalue weighted by Crippen LogP contribution is -1.90. The van der Waals surface area contributed by atoms with Gasteiger partial charge in [0.05, 0.1) is 12.4 Å². The summed E-state index contributed by atoms with van der Waals surface area (Å²) in [5, 5.41) is 9.17. The smallest absolute Gasteiger partial charge is 0.247 e. The molecule has 0 bridgehead atoms. The van der Waals surface area contributed by atoms with E-state index in [0.29, 0.717) is 11.8 Å². The van der Waals surface area contributed by atoms with Crippen molar-refractivity contribution in [2.75, 3.05) is 7.11 Å². The van der Waals surface area contributed by atoms with E-state index in [1.165, 1.54) is 5.56 Å². The zero-order valence-electron chi connectivity index (χ0n) is 13.4. The van der Waals surface area contributed by atoms with Gasteiger partial charge in [0.25, 0.3) is 0 Å². The van der Waals surface area contributed by atoms with Gasteiger partial charge in [0, 0.05) is 16.3 Å². The van der Waals surface area contributed by atoms with Crippen molar-refractivity contribution >= 4 is 23.4 Å². The van der Waals surface area contributed by atoms with Crippen LogP contribution < -0.4 is 4.74 Å². The quantitative estimate of drug-likeness (QED) is 0.589. The molecule has 24 heavy (non-hydrogen) atoms. The van der Waals surface area contributed by atoms with E-state index in [1.807, 2.05) is 48.5 Å². The second-order valence-electron chi connectivity index (χ2n) is 5.25. The molecule has 1 heterocycles. The second-order valence-corrected chi connectivity index (χ2v) is 7.02. The van der Waals surface area contributed by atoms with E-state index in [9.17, 15) is 0 Å². The number of ether oxygens (including phenoxy) is 1. The van der Waals surface area contributed by atoms with E-state index in [4.69, 9.17) is 20.8 Å². The summed E-state index contributed by atoms with van der Waals surface area (Å²) >= 11 is 7.65. The van der Waals surface area contributed by atoms with Crippen LogP contribution in [0, 0.1) is 0 Å². The normalized spacial score (nSPS) is 12.1. The Morgan fingerprint density at radius 1 is 1.08 bits per heavy atom. The third kappa shape index (κ3) is 4.10. The van der Waals surface area contributed by atoms with Crippen LogP contribution in [0.25, 0.3) is 11.5 Å². The molecular weight excluding hydrogens is 344 g/mol. The Morgan fingerprint density at radius 3 is 2.46 bits per heavy atom. The number of rotatable bonds is 6. The van der Waals surface area contributed by atoms with E-state index in [0.717, 1.165) is 22.1 Å². The minimum atomic E-state index is 0.111. The lowest BCUT2D eigenvalue weighted by Gasteiger charge is -2.06. The maximum atomic E-state index is 5.90. The van der Waals surface area contributed by atoms with Gasteiger partial charge in [0.2, 0.25) is 11.8 Å². The van der Waals surface area contributed by atoms with Gasteiger partial charge in [-0.1, -0.05) is 23.7 Å². The van der Waals surface area contributed by atoms with Crippen LogP contribution in [0.4, 0.5) is 0 Å². The molecular formula is C18H17ClN2O2S. The number of hydrogen-bond donors (Lipinski definition) is 0. The Balaban J connectivity index is 1.64. The van der Waals surface area contributed by atoms with Gasteiger partial charge < -0.3 is 9.15 Å². The fourth-order valence-corrected chi connectivity index (χ4v) is 3.12. The lowest BCUT2D eigenvalue weighted by atomic mass is 10.2. The molecule has 4 nitrogen and oxygen atoms in total. The molecule has 124 valence electrons. The first-order valence-electron chi connectivity index (χ1n) is 7.49. The monoisotopic (exact) mass is 360 g/mol. The van der Waals surface area contributed by atoms with Gasteiger partial charge in [0.1, 0.15) is 5.75 Å². The highest BCUT2D eigenvalue weighted by Gasteiger charge is 2.15. The van der Waals surface area contributed by atoms with Crippen LogP contribution in [-0.4, -0.2) is 17.3 Å². The average Bonchev–Trinajstić information content (AvgIpc) is 3.11. The van der Waals surface area contributed by atoms with Gasteiger partial charge in [-0.25, -0.2) is 0 Å². The van der Waals surface area contributed by atoms with E-state index in [-0.39, 0.29) is 5.25 Å². The molecule has 1 atom stereocenters. The maximum absolute atomic E-state index is 5.90. The van der Waals surface area contributed by atoms with Gasteiger partial charge in [-0.15, -0.1) is 22.0 Å². The molecule has 3 aromatic rings. The Labute approximate surface area is 150 Å². The summed E-state index contributed by atoms with van der Waals surface area (Å²) in [6, 6.07) is 15.4. The highest BCUT2D eigenvalue weighted by atomic mass is 35.5. The number of halogens is 1. The summed E-state index contributed by atoms with van der Waals surface area (Å²) < 4.78 is 11.0. The SMILES string of the molecule is COc1ccc(-c2nnc([C@@H](C)SCc3ccc(Cl)cc3)o2)cc1. The first-order chi connectivity index (χ1) is 11.7. The molecule has 0 spiro atoms. The minimum absolute atomic E-state index is 0.111. The molecule has 0 fully saturated rings. The van der Waals surface area contributed by atoms with Crippen LogP contribution >= 0.6 is 23.4 Å². The Bertz CT molecular complexity index is 788. The zero-order valence-corrected chi connectivity index (χ0v) is 15.0. The Morgan fingerprint density at radius 2 is 1.79 bits per heavy atom. The molecule has 0 saturated heterocycles. The molecule has 0 unspecified atom stereocenters. The van der Waals surface area contributed by atoms with E-state index >= 15 is 0 Å². The highest BCUT2D eigenvalue weighted by molar-refractivity contribution is 7.98. The predicted molar refractivity (Wildman–Crippen MR) is 97.4 cm³/mol. The summed E-state index contributed by atoms with van der Waals surface area (Å²) in [7, 11) is 1.64. The molecule has 3 rings (SSSR count). The molecule has 1 aromatic heterocycles. The summed E-state index contributed by atoms with van der Waals surface area (Å²) in [4.78, 5) is 0. The Kier molecular flexibility index (Phi) is 5.43. The van der Waals surface area contributed by atoms with Crippen molar-refractivity contribution in [1.29, 1.82) is 0 Å². The summed E-state index contributed by atoms with van der Waals surface area (Å²) in [6.45, 7) is 2.06. The van der Waals surface area contributed by atoms with Crippen LogP contribution in [-0.2, 0) is 5.75 Å². The van der Waals surface area contributed by atoms with Crippen LogP contribution in [0.2, 0.25) is 5.02 Å². The third-order valence-corrected chi connectivity index (χ3v) is 4.99. The standard InChI is InChI=1S/C18H17ClN2O2S/c1-12(24-11-13-3-7-15(19)8-4-13)17-20-21-18(23-17)14-5-9-16(22-2)10-6-14/h3-10,12H,11H2,1-2H3/t12-/m1/s1. The van der Waals surface area contributed by atoms with Crippen molar-refractivity contribution in [2.45, 2.75) is 17.9 Å². The largest absolute Gasteiger partial charge is 0.497 e. The van der Waals surface area contributed by atoms with E-state index < -0.39 is 0 Å². The van der Waals surface area contributed by atoms with Crippen LogP contribution in [0.5, 0.6) is 5.75 Å². The lowest BCUT2D eigenvalue weighted by molar-refractivity contribution is 0.415. The predicted octanol–water partition coefficient (Wildman–Crippen LogP) is 5.39. The van der Waals surface area contributed by atoms with Crippen LogP contribution in [0.15, 0.2) is 52.9 Å². The molecule has 0 radical (unpaired) electrons. The topological polar surface area (TPSA) is 48.2 Å². The van der Waals surface area contributed by atoms with Crippen molar-refractivity contribution in [3.05, 3.63) is 65.0 Å². The Hall–Kier alpha value is -1.98. The molecule has 2 aromatic carbocycles. The third-order valence-electron chi connectivity index (χ3n) is 3.54. The van der Waals surface area contributed by atoms with E-state index in [1.54, 1.807) is 18.9 Å². The number of thioether (sulfide) groups is 1. The number of benzene rings is 2. The molecule has 0 aliphatic heterocycles. The van der Waals surface area contributed by atoms with E-state index in [2.05, 4.69) is 17.1 Å². The fourth-order valence-electron chi connectivity index (χ4n) is 2.12. The van der Waals surface area contributed by atoms with Gasteiger partial charge in [-0.05, 0) is 48.9 Å². The maximum Gasteiger partial charge on any atom is 0.247 e. The van der Waals surface area contributed by atoms with Crippen LogP contribution in [0.1, 0.15) is 23.6 Å². The summed E-state index contributed by atoms with van der Waals surface area (Å²) in [5.74, 6) is 2.80. The number of aromatic nitrogens is 2. The van der Waals surface area contributed by atoms with Gasteiger partial charge >= 0.3 is 0 Å². The first kappa shape index (κ1) is 16.9. The summed E-state index contributed by atoms with van der Waals surface area (Å²) in [5.41, 5.74) is 2.09. The van der Waals surface area contributed by atoms with Gasteiger partial charge in [0.15, 0.2) is 0 Å². The van der Waals surface area contributed by atoms with Gasteiger partial charge in [-0.3, -0.25) is 0 Å². The number of nitrogens with zero attached hydrogens (tertiary/aromatic N) is 2. The molecule has 0 aliphatic rings. The number of hydrogen-bond acceptors (Lipinski definition) is 5. The second kappa shape index (κ2) is 7.73. The van der Waals surface area contributed by atoms with Crippen molar-refractivity contribution < 1.29 is 9.15 Å². The van der Waals surface area contributed by atoms with Crippen LogP contribution in [0.3, 0.4) is 0 Å². The van der Waals surface area contributed by atoms with Crippen molar-refractivity contribution in [1.82, 2.24) is 10.2 Å². The van der Waals surface area contributed by atoms with Crippen molar-refractivity contribution in [3.63, 3.8) is 0 Å². The van der Waals surface area contributed by atoms with Crippen molar-refractivity contribution in [2.24, 2.45) is 0 Å². The molecule has 0 aliphatic carbocycles. The molecule has 0 saturated carbocycles. The number of methoxy groups -OCH3 is 1. The van der Waals surface area contributed by atoms with Gasteiger partial charge in [-0.2, -0.15) is 0 Å². The zero-order chi connectivity index (χ0) is 16.9. The molecule has 0 amide bonds. The minimum Gasteiger partial charge on any atom is -0.497 e. The molecule has 0 N–H and O–H groups in total. The summed E-state index contributed by atoms with van der Waals surface area (Å²) in [6.07, 6.45) is 0. The molecule has 6 heteroatoms. The fraction of sp³-hybridized carbons (Fsp3) is 0.222.